The van der Waals surface area contributed by atoms with Crippen LogP contribution in [0.5, 0.6) is 0 Å². The fraction of sp³-hybridized carbons (Fsp3) is 0.500. The maximum atomic E-state index is 12.0. The highest BCUT2D eigenvalue weighted by Gasteiger charge is 2.16. The molecule has 18 heavy (non-hydrogen) atoms. The van der Waals surface area contributed by atoms with Gasteiger partial charge >= 0.3 is 0 Å². The molecular formula is C12H18BrNO3S. The number of hydrogen-bond donors (Lipinski definition) is 2. The Morgan fingerprint density at radius 2 is 2.00 bits per heavy atom. The van der Waals surface area contributed by atoms with Crippen LogP contribution in [0.2, 0.25) is 0 Å². The van der Waals surface area contributed by atoms with Crippen molar-refractivity contribution in [1.82, 2.24) is 4.72 Å². The Labute approximate surface area is 117 Å². The van der Waals surface area contributed by atoms with Gasteiger partial charge < -0.3 is 5.11 Å². The van der Waals surface area contributed by atoms with Crippen molar-refractivity contribution >= 4 is 26.0 Å². The van der Waals surface area contributed by atoms with Crippen LogP contribution in [0.1, 0.15) is 24.8 Å². The van der Waals surface area contributed by atoms with E-state index in [1.807, 2.05) is 6.92 Å². The molecular weight excluding hydrogens is 318 g/mol. The van der Waals surface area contributed by atoms with Gasteiger partial charge in [0.15, 0.2) is 0 Å². The van der Waals surface area contributed by atoms with Crippen molar-refractivity contribution in [2.75, 3.05) is 13.2 Å². The molecule has 0 unspecified atom stereocenters. The molecule has 0 aliphatic carbocycles. The highest BCUT2D eigenvalue weighted by atomic mass is 79.9. The van der Waals surface area contributed by atoms with E-state index in [0.717, 1.165) is 18.4 Å². The molecule has 0 fully saturated rings. The Morgan fingerprint density at radius 3 is 2.61 bits per heavy atom. The van der Waals surface area contributed by atoms with Crippen molar-refractivity contribution in [2.45, 2.75) is 31.1 Å². The summed E-state index contributed by atoms with van der Waals surface area (Å²) in [6.07, 6.45) is 2.24. The molecule has 0 aliphatic heterocycles. The van der Waals surface area contributed by atoms with Gasteiger partial charge in [-0.3, -0.25) is 0 Å². The lowest BCUT2D eigenvalue weighted by Gasteiger charge is -2.08. The van der Waals surface area contributed by atoms with Crippen LogP contribution in [0.3, 0.4) is 0 Å². The van der Waals surface area contributed by atoms with E-state index in [1.54, 1.807) is 18.2 Å². The molecule has 0 heterocycles. The molecule has 0 radical (unpaired) electrons. The summed E-state index contributed by atoms with van der Waals surface area (Å²) in [4.78, 5) is 0.259. The fourth-order valence-electron chi connectivity index (χ4n) is 1.52. The zero-order valence-electron chi connectivity index (χ0n) is 10.3. The predicted molar refractivity (Wildman–Crippen MR) is 75.0 cm³/mol. The highest BCUT2D eigenvalue weighted by molar-refractivity contribution is 9.10. The molecule has 0 amide bonds. The van der Waals surface area contributed by atoms with Crippen molar-refractivity contribution in [2.24, 2.45) is 0 Å². The number of aryl methyl sites for hydroxylation is 1. The van der Waals surface area contributed by atoms with Gasteiger partial charge in [0.05, 0.1) is 4.90 Å². The third-order valence-electron chi connectivity index (χ3n) is 2.50. The monoisotopic (exact) mass is 335 g/mol. The van der Waals surface area contributed by atoms with Gasteiger partial charge in [0.1, 0.15) is 0 Å². The first-order valence-corrected chi connectivity index (χ1v) is 8.11. The van der Waals surface area contributed by atoms with Crippen LogP contribution in [-0.2, 0) is 10.0 Å². The number of aliphatic hydroxyl groups excluding tert-OH is 1. The topological polar surface area (TPSA) is 66.4 Å². The predicted octanol–water partition coefficient (Wildman–Crippen LogP) is 2.20. The minimum atomic E-state index is -3.45. The Kier molecular flexibility index (Phi) is 6.28. The second-order valence-corrected chi connectivity index (χ2v) is 6.71. The summed E-state index contributed by atoms with van der Waals surface area (Å²) in [6.45, 7) is 2.45. The lowest BCUT2D eigenvalue weighted by atomic mass is 10.2. The standard InChI is InChI=1S/C12H18BrNO3S/c1-10-5-6-12(11(13)9-10)18(16,17)14-7-3-2-4-8-15/h5-6,9,14-15H,2-4,7-8H2,1H3. The van der Waals surface area contributed by atoms with Gasteiger partial charge in [-0.25, -0.2) is 13.1 Å². The number of halogens is 1. The Morgan fingerprint density at radius 1 is 1.28 bits per heavy atom. The molecule has 6 heteroatoms. The maximum Gasteiger partial charge on any atom is 0.241 e. The lowest BCUT2D eigenvalue weighted by molar-refractivity contribution is 0.283. The van der Waals surface area contributed by atoms with E-state index in [-0.39, 0.29) is 11.5 Å². The SMILES string of the molecule is Cc1ccc(S(=O)(=O)NCCCCCO)c(Br)c1. The fourth-order valence-corrected chi connectivity index (χ4v) is 3.79. The smallest absolute Gasteiger partial charge is 0.241 e. The van der Waals surface area contributed by atoms with E-state index in [0.29, 0.717) is 17.4 Å². The summed E-state index contributed by atoms with van der Waals surface area (Å²) in [5, 5.41) is 8.62. The first-order chi connectivity index (χ1) is 8.47. The zero-order valence-corrected chi connectivity index (χ0v) is 12.7. The van der Waals surface area contributed by atoms with E-state index in [1.165, 1.54) is 0 Å². The van der Waals surface area contributed by atoms with E-state index >= 15 is 0 Å². The van der Waals surface area contributed by atoms with Crippen LogP contribution in [0.15, 0.2) is 27.6 Å². The van der Waals surface area contributed by atoms with Gasteiger partial charge in [-0.2, -0.15) is 0 Å². The average Bonchev–Trinajstić information content (AvgIpc) is 2.28. The van der Waals surface area contributed by atoms with Crippen LogP contribution in [0.25, 0.3) is 0 Å². The molecule has 102 valence electrons. The van der Waals surface area contributed by atoms with E-state index in [9.17, 15) is 8.42 Å². The second kappa shape index (κ2) is 7.23. The van der Waals surface area contributed by atoms with Crippen LogP contribution >= 0.6 is 15.9 Å². The molecule has 1 rings (SSSR count). The molecule has 4 nitrogen and oxygen atoms in total. The lowest BCUT2D eigenvalue weighted by Crippen LogP contribution is -2.25. The van der Waals surface area contributed by atoms with Crippen LogP contribution in [0.4, 0.5) is 0 Å². The van der Waals surface area contributed by atoms with Crippen LogP contribution in [0, 0.1) is 6.92 Å². The molecule has 2 N–H and O–H groups in total. The summed E-state index contributed by atoms with van der Waals surface area (Å²) in [6, 6.07) is 5.14. The van der Waals surface area contributed by atoms with E-state index in [4.69, 9.17) is 5.11 Å². The molecule has 0 aliphatic rings. The van der Waals surface area contributed by atoms with Crippen molar-refractivity contribution < 1.29 is 13.5 Å². The van der Waals surface area contributed by atoms with E-state index < -0.39 is 10.0 Å². The third-order valence-corrected chi connectivity index (χ3v) is 4.94. The molecule has 1 aromatic rings. The highest BCUT2D eigenvalue weighted by Crippen LogP contribution is 2.22. The second-order valence-electron chi connectivity index (χ2n) is 4.12. The molecule has 0 saturated carbocycles. The maximum absolute atomic E-state index is 12.0. The Hall–Kier alpha value is -0.430. The summed E-state index contributed by atoms with van der Waals surface area (Å²) in [5.74, 6) is 0. The number of benzene rings is 1. The molecule has 0 atom stereocenters. The first kappa shape index (κ1) is 15.6. The molecule has 0 aromatic heterocycles. The number of sulfonamides is 1. The minimum absolute atomic E-state index is 0.149. The number of nitrogens with one attached hydrogen (secondary N) is 1. The van der Waals surface area contributed by atoms with Gasteiger partial charge in [-0.15, -0.1) is 0 Å². The molecule has 0 spiro atoms. The number of aliphatic hydroxyl groups is 1. The van der Waals surface area contributed by atoms with Crippen molar-refractivity contribution in [3.05, 3.63) is 28.2 Å². The summed E-state index contributed by atoms with van der Waals surface area (Å²) >= 11 is 3.26. The normalized spacial score (nSPS) is 11.7. The Bertz CT molecular complexity index is 488. The quantitative estimate of drug-likeness (QED) is 0.750. The molecule has 0 saturated heterocycles. The van der Waals surface area contributed by atoms with Gasteiger partial charge in [0.2, 0.25) is 10.0 Å². The number of hydrogen-bond acceptors (Lipinski definition) is 3. The van der Waals surface area contributed by atoms with Crippen molar-refractivity contribution in [3.63, 3.8) is 0 Å². The number of rotatable bonds is 7. The first-order valence-electron chi connectivity index (χ1n) is 5.84. The van der Waals surface area contributed by atoms with Crippen molar-refractivity contribution in [3.8, 4) is 0 Å². The van der Waals surface area contributed by atoms with Gasteiger partial charge in [-0.1, -0.05) is 6.07 Å². The molecule has 0 bridgehead atoms. The van der Waals surface area contributed by atoms with E-state index in [2.05, 4.69) is 20.7 Å². The van der Waals surface area contributed by atoms with Crippen LogP contribution in [-0.4, -0.2) is 26.7 Å². The third kappa shape index (κ3) is 4.68. The molecule has 1 aromatic carbocycles. The zero-order chi connectivity index (χ0) is 13.6. The summed E-state index contributed by atoms with van der Waals surface area (Å²) in [5.41, 5.74) is 1.00. The average molecular weight is 336 g/mol. The van der Waals surface area contributed by atoms with Gasteiger partial charge in [0.25, 0.3) is 0 Å². The largest absolute Gasteiger partial charge is 0.396 e. The summed E-state index contributed by atoms with van der Waals surface area (Å²) in [7, 11) is -3.45. The van der Waals surface area contributed by atoms with Gasteiger partial charge in [0, 0.05) is 17.6 Å². The van der Waals surface area contributed by atoms with Crippen LogP contribution < -0.4 is 4.72 Å². The minimum Gasteiger partial charge on any atom is -0.396 e. The van der Waals surface area contributed by atoms with Crippen molar-refractivity contribution in [1.29, 1.82) is 0 Å². The van der Waals surface area contributed by atoms with Gasteiger partial charge in [-0.05, 0) is 59.8 Å². The summed E-state index contributed by atoms with van der Waals surface area (Å²) < 4.78 is 27.1. The number of unbranched alkanes of at least 4 members (excludes halogenated alkanes) is 2. The Balaban J connectivity index is 2.63.